The van der Waals surface area contributed by atoms with Gasteiger partial charge >= 0.3 is 0 Å². The molecule has 0 saturated carbocycles. The Morgan fingerprint density at radius 2 is 2.33 bits per heavy atom. The van der Waals surface area contributed by atoms with E-state index in [1.54, 1.807) is 17.9 Å². The van der Waals surface area contributed by atoms with Gasteiger partial charge < -0.3 is 20.7 Å². The number of rotatable bonds is 8. The Labute approximate surface area is 126 Å². The van der Waals surface area contributed by atoms with Crippen LogP contribution in [0.3, 0.4) is 0 Å². The van der Waals surface area contributed by atoms with Gasteiger partial charge in [0.2, 0.25) is 5.91 Å². The van der Waals surface area contributed by atoms with Crippen LogP contribution in [0.2, 0.25) is 0 Å². The average Bonchev–Trinajstić information content (AvgIpc) is 2.52. The molecule has 2 atom stereocenters. The van der Waals surface area contributed by atoms with Crippen molar-refractivity contribution in [1.29, 1.82) is 0 Å². The van der Waals surface area contributed by atoms with E-state index in [1.165, 1.54) is 0 Å². The van der Waals surface area contributed by atoms with Gasteiger partial charge in [0.25, 0.3) is 5.91 Å². The molecule has 0 aromatic heterocycles. The highest BCUT2D eigenvalue weighted by Crippen LogP contribution is 2.18. The Hall–Kier alpha value is -1.40. The fraction of sp³-hybridized carbons (Fsp3) is 0.733. The van der Waals surface area contributed by atoms with Gasteiger partial charge in [0.1, 0.15) is 6.10 Å². The fourth-order valence-electron chi connectivity index (χ4n) is 2.39. The molecule has 0 bridgehead atoms. The second-order valence-corrected chi connectivity index (χ2v) is 5.29. The first-order chi connectivity index (χ1) is 10.1. The lowest BCUT2D eigenvalue weighted by Gasteiger charge is -2.33. The number of carbonyl (C=O) groups is 2. The number of carbonyl (C=O) groups excluding carboxylic acids is 2. The van der Waals surface area contributed by atoms with E-state index in [0.717, 1.165) is 19.3 Å². The smallest absolute Gasteiger partial charge is 0.251 e. The maximum Gasteiger partial charge on any atom is 0.251 e. The zero-order valence-electron chi connectivity index (χ0n) is 12.8. The molecule has 1 aliphatic rings. The molecule has 1 heterocycles. The van der Waals surface area contributed by atoms with E-state index in [4.69, 9.17) is 10.5 Å². The predicted octanol–water partition coefficient (Wildman–Crippen LogP) is 0.281. The standard InChI is InChI=1S/C15H27N3O3/c1-3-4-10-21-12(2)15(20)18-9-5-6-13(11-18)14(19)17-8-7-16/h3,12-13H,1,4-11,16H2,2H3,(H,17,19). The van der Waals surface area contributed by atoms with Gasteiger partial charge in [-0.3, -0.25) is 9.59 Å². The highest BCUT2D eigenvalue weighted by molar-refractivity contribution is 5.83. The zero-order valence-corrected chi connectivity index (χ0v) is 12.8. The topological polar surface area (TPSA) is 84.7 Å². The summed E-state index contributed by atoms with van der Waals surface area (Å²) in [6, 6.07) is 0. The molecule has 0 spiro atoms. The molecule has 21 heavy (non-hydrogen) atoms. The van der Waals surface area contributed by atoms with Gasteiger partial charge in [-0.2, -0.15) is 0 Å². The van der Waals surface area contributed by atoms with Gasteiger partial charge in [0.15, 0.2) is 0 Å². The summed E-state index contributed by atoms with van der Waals surface area (Å²) < 4.78 is 5.48. The van der Waals surface area contributed by atoms with E-state index < -0.39 is 6.10 Å². The average molecular weight is 297 g/mol. The molecule has 6 nitrogen and oxygen atoms in total. The van der Waals surface area contributed by atoms with Crippen molar-refractivity contribution in [3.63, 3.8) is 0 Å². The number of ether oxygens (including phenoxy) is 1. The molecule has 1 rings (SSSR count). The molecular weight excluding hydrogens is 270 g/mol. The maximum atomic E-state index is 12.3. The number of nitrogens with one attached hydrogen (secondary N) is 1. The lowest BCUT2D eigenvalue weighted by Crippen LogP contribution is -2.49. The van der Waals surface area contributed by atoms with Gasteiger partial charge in [-0.1, -0.05) is 6.08 Å². The maximum absolute atomic E-state index is 12.3. The van der Waals surface area contributed by atoms with Crippen LogP contribution in [0.5, 0.6) is 0 Å². The zero-order chi connectivity index (χ0) is 15.7. The first-order valence-corrected chi connectivity index (χ1v) is 7.59. The second kappa shape index (κ2) is 9.52. The molecule has 0 aliphatic carbocycles. The van der Waals surface area contributed by atoms with E-state index in [9.17, 15) is 9.59 Å². The minimum atomic E-state index is -0.476. The Morgan fingerprint density at radius 3 is 3.00 bits per heavy atom. The molecule has 2 unspecified atom stereocenters. The van der Waals surface area contributed by atoms with Crippen molar-refractivity contribution in [3.05, 3.63) is 12.7 Å². The molecule has 2 amide bonds. The van der Waals surface area contributed by atoms with Gasteiger partial charge in [-0.15, -0.1) is 6.58 Å². The van der Waals surface area contributed by atoms with Crippen LogP contribution in [0.25, 0.3) is 0 Å². The molecule has 1 aliphatic heterocycles. The highest BCUT2D eigenvalue weighted by atomic mass is 16.5. The summed E-state index contributed by atoms with van der Waals surface area (Å²) in [6.07, 6.45) is 3.66. The Balaban J connectivity index is 2.45. The van der Waals surface area contributed by atoms with Crippen LogP contribution < -0.4 is 11.1 Å². The van der Waals surface area contributed by atoms with Crippen molar-refractivity contribution in [1.82, 2.24) is 10.2 Å². The lowest BCUT2D eigenvalue weighted by atomic mass is 9.96. The summed E-state index contributed by atoms with van der Waals surface area (Å²) in [6.45, 7) is 7.92. The van der Waals surface area contributed by atoms with E-state index in [-0.39, 0.29) is 17.7 Å². The van der Waals surface area contributed by atoms with Crippen molar-refractivity contribution in [2.75, 3.05) is 32.8 Å². The minimum Gasteiger partial charge on any atom is -0.368 e. The molecule has 6 heteroatoms. The highest BCUT2D eigenvalue weighted by Gasteiger charge is 2.30. The van der Waals surface area contributed by atoms with Crippen molar-refractivity contribution >= 4 is 11.8 Å². The molecule has 0 aromatic rings. The van der Waals surface area contributed by atoms with Gasteiger partial charge in [-0.25, -0.2) is 0 Å². The van der Waals surface area contributed by atoms with Crippen LogP contribution in [0.1, 0.15) is 26.2 Å². The number of hydrogen-bond donors (Lipinski definition) is 2. The third-order valence-corrected chi connectivity index (χ3v) is 3.59. The SMILES string of the molecule is C=CCCOC(C)C(=O)N1CCCC(C(=O)NCCN)C1. The van der Waals surface area contributed by atoms with Crippen LogP contribution >= 0.6 is 0 Å². The molecule has 0 aromatic carbocycles. The Bertz CT molecular complexity index is 360. The van der Waals surface area contributed by atoms with Gasteiger partial charge in [0, 0.05) is 26.2 Å². The second-order valence-electron chi connectivity index (χ2n) is 5.29. The number of nitrogens with zero attached hydrogens (tertiary/aromatic N) is 1. The van der Waals surface area contributed by atoms with Crippen LogP contribution in [0, 0.1) is 5.92 Å². The quantitative estimate of drug-likeness (QED) is 0.498. The van der Waals surface area contributed by atoms with Crippen molar-refractivity contribution in [2.24, 2.45) is 11.7 Å². The first-order valence-electron chi connectivity index (χ1n) is 7.59. The first kappa shape index (κ1) is 17.7. The van der Waals surface area contributed by atoms with Crippen LogP contribution in [0.4, 0.5) is 0 Å². The number of nitrogens with two attached hydrogens (primary N) is 1. The fourth-order valence-corrected chi connectivity index (χ4v) is 2.39. The van der Waals surface area contributed by atoms with Crippen LogP contribution in [-0.2, 0) is 14.3 Å². The summed E-state index contributed by atoms with van der Waals surface area (Å²) in [5.41, 5.74) is 5.38. The van der Waals surface area contributed by atoms with Crippen molar-refractivity contribution in [2.45, 2.75) is 32.3 Å². The van der Waals surface area contributed by atoms with Crippen molar-refractivity contribution < 1.29 is 14.3 Å². The largest absolute Gasteiger partial charge is 0.368 e. The number of amides is 2. The molecule has 0 radical (unpaired) electrons. The monoisotopic (exact) mass is 297 g/mol. The molecule has 1 saturated heterocycles. The van der Waals surface area contributed by atoms with Crippen LogP contribution in [0.15, 0.2) is 12.7 Å². The van der Waals surface area contributed by atoms with E-state index in [2.05, 4.69) is 11.9 Å². The Kier molecular flexibility index (Phi) is 8.00. The molecule has 3 N–H and O–H groups in total. The molecule has 1 fully saturated rings. The summed E-state index contributed by atoms with van der Waals surface area (Å²) in [5, 5.41) is 2.79. The van der Waals surface area contributed by atoms with Gasteiger partial charge in [0.05, 0.1) is 12.5 Å². The predicted molar refractivity (Wildman–Crippen MR) is 81.6 cm³/mol. The van der Waals surface area contributed by atoms with E-state index >= 15 is 0 Å². The number of likely N-dealkylation sites (tertiary alicyclic amines) is 1. The third-order valence-electron chi connectivity index (χ3n) is 3.59. The molecule has 120 valence electrons. The normalized spacial score (nSPS) is 19.9. The summed E-state index contributed by atoms with van der Waals surface area (Å²) >= 11 is 0. The third kappa shape index (κ3) is 5.85. The van der Waals surface area contributed by atoms with Crippen LogP contribution in [-0.4, -0.2) is 55.6 Å². The summed E-state index contributed by atoms with van der Waals surface area (Å²) in [7, 11) is 0. The summed E-state index contributed by atoms with van der Waals surface area (Å²) in [5.74, 6) is -0.205. The van der Waals surface area contributed by atoms with E-state index in [0.29, 0.717) is 32.8 Å². The minimum absolute atomic E-state index is 0.0156. The van der Waals surface area contributed by atoms with E-state index in [1.807, 2.05) is 0 Å². The lowest BCUT2D eigenvalue weighted by molar-refractivity contribution is -0.145. The van der Waals surface area contributed by atoms with Crippen molar-refractivity contribution in [3.8, 4) is 0 Å². The molecular formula is C15H27N3O3. The number of hydrogen-bond acceptors (Lipinski definition) is 4. The summed E-state index contributed by atoms with van der Waals surface area (Å²) in [4.78, 5) is 26.0. The van der Waals surface area contributed by atoms with Gasteiger partial charge in [-0.05, 0) is 26.2 Å². The number of piperidine rings is 1. The Morgan fingerprint density at radius 1 is 1.57 bits per heavy atom.